The van der Waals surface area contributed by atoms with Gasteiger partial charge in [-0.1, -0.05) is 37.3 Å². The fourth-order valence-corrected chi connectivity index (χ4v) is 3.74. The van der Waals surface area contributed by atoms with Crippen LogP contribution >= 0.6 is 27.3 Å². The third kappa shape index (κ3) is 4.71. The molecular weight excluding hydrogens is 412 g/mol. The lowest BCUT2D eigenvalue weighted by Crippen LogP contribution is -2.20. The number of nitrogens with one attached hydrogen (secondary N) is 1. The molecule has 1 heterocycles. The first-order valence-corrected chi connectivity index (χ1v) is 9.96. The SMILES string of the molecule is CCc1ccc(-c2csc(NC(=O)COc3ccc(C)cc3Br)n2)cc1. The quantitative estimate of drug-likeness (QED) is 0.564. The molecule has 3 rings (SSSR count). The van der Waals surface area contributed by atoms with Crippen molar-refractivity contribution in [3.63, 3.8) is 0 Å². The molecule has 1 N–H and O–H groups in total. The number of carbonyl (C=O) groups excluding carboxylic acids is 1. The number of hydrogen-bond donors (Lipinski definition) is 1. The number of ether oxygens (including phenoxy) is 1. The Morgan fingerprint density at radius 3 is 2.69 bits per heavy atom. The largest absolute Gasteiger partial charge is 0.483 e. The van der Waals surface area contributed by atoms with Gasteiger partial charge in [0.1, 0.15) is 5.75 Å². The van der Waals surface area contributed by atoms with Gasteiger partial charge in [0.25, 0.3) is 5.91 Å². The summed E-state index contributed by atoms with van der Waals surface area (Å²) in [4.78, 5) is 16.6. The number of rotatable bonds is 6. The molecule has 0 saturated carbocycles. The molecule has 3 aromatic rings. The van der Waals surface area contributed by atoms with Crippen LogP contribution in [0.25, 0.3) is 11.3 Å². The van der Waals surface area contributed by atoms with Crippen LogP contribution in [0.3, 0.4) is 0 Å². The molecule has 134 valence electrons. The number of carbonyl (C=O) groups is 1. The average molecular weight is 431 g/mol. The Balaban J connectivity index is 1.58. The minimum atomic E-state index is -0.236. The van der Waals surface area contributed by atoms with Crippen LogP contribution in [0.5, 0.6) is 5.75 Å². The molecule has 0 atom stereocenters. The van der Waals surface area contributed by atoms with Gasteiger partial charge in [0.2, 0.25) is 0 Å². The zero-order valence-electron chi connectivity index (χ0n) is 14.6. The van der Waals surface area contributed by atoms with E-state index in [1.165, 1.54) is 16.9 Å². The molecule has 1 amide bonds. The molecule has 26 heavy (non-hydrogen) atoms. The summed E-state index contributed by atoms with van der Waals surface area (Å²) >= 11 is 4.84. The van der Waals surface area contributed by atoms with Crippen molar-refractivity contribution in [1.29, 1.82) is 0 Å². The van der Waals surface area contributed by atoms with E-state index in [4.69, 9.17) is 4.74 Å². The molecule has 0 aliphatic heterocycles. The normalized spacial score (nSPS) is 10.6. The number of halogens is 1. The summed E-state index contributed by atoms with van der Waals surface area (Å²) in [5.74, 6) is 0.404. The van der Waals surface area contributed by atoms with E-state index in [-0.39, 0.29) is 12.5 Å². The molecule has 1 aromatic heterocycles. The number of aryl methyl sites for hydroxylation is 2. The second kappa shape index (κ2) is 8.47. The first-order valence-electron chi connectivity index (χ1n) is 8.29. The minimum absolute atomic E-state index is 0.0677. The molecule has 0 aliphatic rings. The van der Waals surface area contributed by atoms with Crippen LogP contribution in [0, 0.1) is 6.92 Å². The molecule has 6 heteroatoms. The number of benzene rings is 2. The summed E-state index contributed by atoms with van der Waals surface area (Å²) in [6.45, 7) is 4.06. The van der Waals surface area contributed by atoms with Gasteiger partial charge in [-0.05, 0) is 52.5 Å². The summed E-state index contributed by atoms with van der Waals surface area (Å²) in [7, 11) is 0. The maximum absolute atomic E-state index is 12.1. The lowest BCUT2D eigenvalue weighted by molar-refractivity contribution is -0.118. The maximum atomic E-state index is 12.1. The van der Waals surface area contributed by atoms with E-state index in [1.54, 1.807) is 0 Å². The van der Waals surface area contributed by atoms with Crippen LogP contribution in [0.2, 0.25) is 0 Å². The summed E-state index contributed by atoms with van der Waals surface area (Å²) in [5, 5.41) is 5.29. The third-order valence-electron chi connectivity index (χ3n) is 3.85. The first kappa shape index (κ1) is 18.6. The van der Waals surface area contributed by atoms with E-state index >= 15 is 0 Å². The molecule has 0 unspecified atom stereocenters. The van der Waals surface area contributed by atoms with Crippen molar-refractivity contribution in [3.8, 4) is 17.0 Å². The van der Waals surface area contributed by atoms with Crippen LogP contribution in [0.1, 0.15) is 18.1 Å². The van der Waals surface area contributed by atoms with Crippen LogP contribution in [0.4, 0.5) is 5.13 Å². The van der Waals surface area contributed by atoms with Crippen LogP contribution in [-0.2, 0) is 11.2 Å². The van der Waals surface area contributed by atoms with Crippen LogP contribution in [-0.4, -0.2) is 17.5 Å². The number of hydrogen-bond acceptors (Lipinski definition) is 4. The van der Waals surface area contributed by atoms with E-state index in [2.05, 4.69) is 57.4 Å². The predicted molar refractivity (Wildman–Crippen MR) is 110 cm³/mol. The second-order valence-corrected chi connectivity index (χ2v) is 7.57. The number of anilines is 1. The monoisotopic (exact) mass is 430 g/mol. The number of aromatic nitrogens is 1. The number of amides is 1. The molecule has 2 aromatic carbocycles. The van der Waals surface area contributed by atoms with E-state index in [1.807, 2.05) is 30.5 Å². The van der Waals surface area contributed by atoms with Crippen LogP contribution < -0.4 is 10.1 Å². The Morgan fingerprint density at radius 2 is 2.00 bits per heavy atom. The van der Waals surface area contributed by atoms with E-state index in [9.17, 15) is 4.79 Å². The van der Waals surface area contributed by atoms with E-state index < -0.39 is 0 Å². The minimum Gasteiger partial charge on any atom is -0.483 e. The van der Waals surface area contributed by atoms with Crippen molar-refractivity contribution < 1.29 is 9.53 Å². The molecule has 0 fully saturated rings. The van der Waals surface area contributed by atoms with E-state index in [0.717, 1.165) is 27.7 Å². The number of nitrogens with zero attached hydrogens (tertiary/aromatic N) is 1. The summed E-state index contributed by atoms with van der Waals surface area (Å²) in [6.07, 6.45) is 1.01. The highest BCUT2D eigenvalue weighted by molar-refractivity contribution is 9.10. The highest BCUT2D eigenvalue weighted by Gasteiger charge is 2.10. The second-order valence-electron chi connectivity index (χ2n) is 5.86. The highest BCUT2D eigenvalue weighted by Crippen LogP contribution is 2.27. The molecule has 0 spiro atoms. The smallest absolute Gasteiger partial charge is 0.264 e. The molecular formula is C20H19BrN2O2S. The van der Waals surface area contributed by atoms with Crippen molar-refractivity contribution in [2.75, 3.05) is 11.9 Å². The predicted octanol–water partition coefficient (Wildman–Crippen LogP) is 5.46. The van der Waals surface area contributed by atoms with Gasteiger partial charge < -0.3 is 4.74 Å². The standard InChI is InChI=1S/C20H19BrN2O2S/c1-3-14-5-7-15(8-6-14)17-12-26-20(22-17)23-19(24)11-25-18-9-4-13(2)10-16(18)21/h4-10,12H,3,11H2,1-2H3,(H,22,23,24). The van der Waals surface area contributed by atoms with Gasteiger partial charge in [0.15, 0.2) is 11.7 Å². The zero-order chi connectivity index (χ0) is 18.5. The van der Waals surface area contributed by atoms with Gasteiger partial charge in [-0.3, -0.25) is 10.1 Å². The summed E-state index contributed by atoms with van der Waals surface area (Å²) < 4.78 is 6.39. The average Bonchev–Trinajstić information content (AvgIpc) is 3.09. The van der Waals surface area contributed by atoms with Gasteiger partial charge >= 0.3 is 0 Å². The van der Waals surface area contributed by atoms with Crippen molar-refractivity contribution >= 4 is 38.3 Å². The molecule has 4 nitrogen and oxygen atoms in total. The fraction of sp³-hybridized carbons (Fsp3) is 0.200. The van der Waals surface area contributed by atoms with Crippen LogP contribution in [0.15, 0.2) is 52.3 Å². The topological polar surface area (TPSA) is 51.2 Å². The van der Waals surface area contributed by atoms with Crippen molar-refractivity contribution in [1.82, 2.24) is 4.98 Å². The molecule has 0 bridgehead atoms. The molecule has 0 saturated heterocycles. The van der Waals surface area contributed by atoms with Gasteiger partial charge in [-0.2, -0.15) is 0 Å². The highest BCUT2D eigenvalue weighted by atomic mass is 79.9. The fourth-order valence-electron chi connectivity index (χ4n) is 2.40. The van der Waals surface area contributed by atoms with Crippen molar-refractivity contribution in [2.45, 2.75) is 20.3 Å². The Morgan fingerprint density at radius 1 is 1.23 bits per heavy atom. The van der Waals surface area contributed by atoms with Gasteiger partial charge in [-0.25, -0.2) is 4.98 Å². The Labute approximate surface area is 165 Å². The zero-order valence-corrected chi connectivity index (χ0v) is 17.0. The van der Waals surface area contributed by atoms with Gasteiger partial charge in [0, 0.05) is 10.9 Å². The lowest BCUT2D eigenvalue weighted by Gasteiger charge is -2.08. The maximum Gasteiger partial charge on any atom is 0.264 e. The van der Waals surface area contributed by atoms with Crippen molar-refractivity contribution in [3.05, 3.63) is 63.4 Å². The molecule has 0 radical (unpaired) electrons. The van der Waals surface area contributed by atoms with E-state index in [0.29, 0.717) is 10.9 Å². The summed E-state index contributed by atoms with van der Waals surface area (Å²) in [6, 6.07) is 14.0. The Hall–Kier alpha value is -2.18. The Bertz CT molecular complexity index is 906. The Kier molecular flexibility index (Phi) is 6.06. The van der Waals surface area contributed by atoms with Crippen molar-refractivity contribution in [2.24, 2.45) is 0 Å². The van der Waals surface area contributed by atoms with Gasteiger partial charge in [0.05, 0.1) is 10.2 Å². The first-order chi connectivity index (χ1) is 12.5. The third-order valence-corrected chi connectivity index (χ3v) is 5.23. The number of thiazole rings is 1. The van der Waals surface area contributed by atoms with Gasteiger partial charge in [-0.15, -0.1) is 11.3 Å². The summed E-state index contributed by atoms with van der Waals surface area (Å²) in [5.41, 5.74) is 4.31. The molecule has 0 aliphatic carbocycles. The lowest BCUT2D eigenvalue weighted by atomic mass is 10.1.